The summed E-state index contributed by atoms with van der Waals surface area (Å²) >= 11 is 0. The van der Waals surface area contributed by atoms with E-state index in [2.05, 4.69) is 0 Å². The largest absolute Gasteiger partial charge is 0.312 e. The van der Waals surface area contributed by atoms with E-state index in [1.165, 1.54) is 0 Å². The fourth-order valence-corrected chi connectivity index (χ4v) is 3.51. The van der Waals surface area contributed by atoms with Gasteiger partial charge in [0.1, 0.15) is 6.54 Å². The minimum atomic E-state index is -0.157. The van der Waals surface area contributed by atoms with Gasteiger partial charge in [0, 0.05) is 7.05 Å². The quantitative estimate of drug-likeness (QED) is 0.871. The molecule has 2 aromatic carbocycles. The Morgan fingerprint density at radius 3 is 2.29 bits per heavy atom. The molecular weight excluding hydrogens is 300 g/mol. The maximum Gasteiger partial charge on any atom is 0.246 e. The molecular formula is C20H20N2O2. The van der Waals surface area contributed by atoms with E-state index >= 15 is 0 Å². The van der Waals surface area contributed by atoms with Crippen molar-refractivity contribution in [1.29, 1.82) is 0 Å². The number of hydrogen-bond acceptors (Lipinski definition) is 2. The third-order valence-corrected chi connectivity index (χ3v) is 4.99. The van der Waals surface area contributed by atoms with E-state index in [1.54, 1.807) is 16.8 Å². The molecule has 1 aliphatic heterocycles. The number of amides is 2. The van der Waals surface area contributed by atoms with Crippen LogP contribution in [0.5, 0.6) is 0 Å². The summed E-state index contributed by atoms with van der Waals surface area (Å²) in [7, 11) is 1.76. The zero-order valence-electron chi connectivity index (χ0n) is 13.7. The highest BCUT2D eigenvalue weighted by Gasteiger charge is 2.41. The summed E-state index contributed by atoms with van der Waals surface area (Å²) < 4.78 is 0. The molecule has 4 heteroatoms. The molecule has 2 aliphatic rings. The Hall–Kier alpha value is -2.62. The van der Waals surface area contributed by atoms with Crippen molar-refractivity contribution in [3.8, 4) is 0 Å². The highest BCUT2D eigenvalue weighted by atomic mass is 16.2. The number of anilines is 2. The maximum atomic E-state index is 13.4. The van der Waals surface area contributed by atoms with Crippen LogP contribution < -0.4 is 9.80 Å². The molecule has 24 heavy (non-hydrogen) atoms. The first-order chi connectivity index (χ1) is 11.7. The first kappa shape index (κ1) is 14.9. The number of likely N-dealkylation sites (N-methyl/N-ethyl adjacent to an activating group) is 1. The van der Waals surface area contributed by atoms with Crippen LogP contribution in [0.15, 0.2) is 54.6 Å². The maximum absolute atomic E-state index is 13.4. The molecule has 4 rings (SSSR count). The van der Waals surface area contributed by atoms with Crippen LogP contribution in [0.1, 0.15) is 24.3 Å². The highest BCUT2D eigenvalue weighted by Crippen LogP contribution is 2.45. The van der Waals surface area contributed by atoms with Gasteiger partial charge in [0.2, 0.25) is 11.8 Å². The minimum absolute atomic E-state index is 0.0394. The molecule has 0 N–H and O–H groups in total. The summed E-state index contributed by atoms with van der Waals surface area (Å²) in [6, 6.07) is 17.6. The second-order valence-electron chi connectivity index (χ2n) is 6.59. The Bertz CT molecular complexity index is 783. The van der Waals surface area contributed by atoms with Gasteiger partial charge in [0.05, 0.1) is 17.3 Å². The monoisotopic (exact) mass is 320 g/mol. The number of benzene rings is 2. The zero-order valence-corrected chi connectivity index (χ0v) is 13.7. The van der Waals surface area contributed by atoms with E-state index in [0.717, 1.165) is 29.8 Å². The third-order valence-electron chi connectivity index (χ3n) is 4.99. The molecule has 2 amide bonds. The molecule has 0 radical (unpaired) electrons. The van der Waals surface area contributed by atoms with Gasteiger partial charge < -0.3 is 9.80 Å². The Balaban J connectivity index is 1.73. The van der Waals surface area contributed by atoms with Crippen molar-refractivity contribution < 1.29 is 9.59 Å². The van der Waals surface area contributed by atoms with Crippen LogP contribution in [0.3, 0.4) is 0 Å². The summed E-state index contributed by atoms with van der Waals surface area (Å²) in [5.41, 5.74) is 2.67. The van der Waals surface area contributed by atoms with E-state index in [-0.39, 0.29) is 24.3 Å². The molecule has 1 heterocycles. The molecule has 4 nitrogen and oxygen atoms in total. The van der Waals surface area contributed by atoms with Crippen molar-refractivity contribution in [2.45, 2.75) is 18.8 Å². The Morgan fingerprint density at radius 1 is 1.00 bits per heavy atom. The van der Waals surface area contributed by atoms with Crippen LogP contribution in [0.2, 0.25) is 0 Å². The summed E-state index contributed by atoms with van der Waals surface area (Å²) in [6.45, 7) is 0.113. The summed E-state index contributed by atoms with van der Waals surface area (Å²) in [5.74, 6) is 0.222. The number of nitrogens with zero attached hydrogens (tertiary/aromatic N) is 2. The van der Waals surface area contributed by atoms with Gasteiger partial charge in [-0.1, -0.05) is 42.5 Å². The smallest absolute Gasteiger partial charge is 0.246 e. The topological polar surface area (TPSA) is 40.6 Å². The zero-order chi connectivity index (χ0) is 16.7. The fraction of sp³-hybridized carbons (Fsp3) is 0.300. The van der Waals surface area contributed by atoms with Crippen molar-refractivity contribution in [3.63, 3.8) is 0 Å². The van der Waals surface area contributed by atoms with Crippen LogP contribution >= 0.6 is 0 Å². The second kappa shape index (κ2) is 5.78. The molecule has 1 saturated carbocycles. The average molecular weight is 320 g/mol. The van der Waals surface area contributed by atoms with Gasteiger partial charge in [0.25, 0.3) is 0 Å². The van der Waals surface area contributed by atoms with Gasteiger partial charge in [-0.25, -0.2) is 0 Å². The number of hydrogen-bond donors (Lipinski definition) is 0. The number of carbonyl (C=O) groups excluding carboxylic acids is 2. The van der Waals surface area contributed by atoms with Crippen LogP contribution in [0, 0.1) is 5.92 Å². The first-order valence-corrected chi connectivity index (χ1v) is 8.38. The molecule has 0 saturated heterocycles. The molecule has 0 bridgehead atoms. The molecule has 122 valence electrons. The van der Waals surface area contributed by atoms with E-state index in [9.17, 15) is 9.59 Å². The van der Waals surface area contributed by atoms with E-state index in [1.807, 2.05) is 54.6 Å². The SMILES string of the molecule is CN1C(=O)CN(C(=O)[C@@H](c2ccccc2)C2CC2)c2ccccc21. The Morgan fingerprint density at radius 2 is 1.62 bits per heavy atom. The molecule has 1 aliphatic carbocycles. The average Bonchev–Trinajstić information content (AvgIpc) is 3.44. The molecule has 0 aromatic heterocycles. The predicted molar refractivity (Wildman–Crippen MR) is 94.1 cm³/mol. The molecule has 0 spiro atoms. The van der Waals surface area contributed by atoms with Gasteiger partial charge in [0.15, 0.2) is 0 Å². The number of rotatable bonds is 3. The summed E-state index contributed by atoms with van der Waals surface area (Å²) in [5, 5.41) is 0. The van der Waals surface area contributed by atoms with Crippen LogP contribution in [-0.2, 0) is 9.59 Å². The van der Waals surface area contributed by atoms with Gasteiger partial charge in [-0.15, -0.1) is 0 Å². The predicted octanol–water partition coefficient (Wildman–Crippen LogP) is 3.19. The van der Waals surface area contributed by atoms with Crippen LogP contribution in [0.25, 0.3) is 0 Å². The standard InChI is InChI=1S/C20H20N2O2/c1-21-16-9-5-6-10-17(16)22(13-18(21)23)20(24)19(15-11-12-15)14-7-3-2-4-8-14/h2-10,15,19H,11-13H2,1H3/t19-/m0/s1. The Labute approximate surface area is 141 Å². The van der Waals surface area contributed by atoms with E-state index in [0.29, 0.717) is 5.92 Å². The molecule has 2 aromatic rings. The lowest BCUT2D eigenvalue weighted by Gasteiger charge is -2.36. The molecule has 1 fully saturated rings. The summed E-state index contributed by atoms with van der Waals surface area (Å²) in [4.78, 5) is 29.0. The van der Waals surface area contributed by atoms with Gasteiger partial charge in [-0.05, 0) is 36.5 Å². The summed E-state index contributed by atoms with van der Waals surface area (Å²) in [6.07, 6.45) is 2.16. The van der Waals surface area contributed by atoms with E-state index in [4.69, 9.17) is 0 Å². The lowest BCUT2D eigenvalue weighted by molar-refractivity contribution is -0.124. The lowest BCUT2D eigenvalue weighted by atomic mass is 9.92. The van der Waals surface area contributed by atoms with Gasteiger partial charge in [-0.3, -0.25) is 9.59 Å². The number of carbonyl (C=O) groups is 2. The number of para-hydroxylation sites is 2. The highest BCUT2D eigenvalue weighted by molar-refractivity contribution is 6.12. The van der Waals surface area contributed by atoms with Crippen molar-refractivity contribution >= 4 is 23.2 Å². The fourth-order valence-electron chi connectivity index (χ4n) is 3.51. The van der Waals surface area contributed by atoms with Crippen molar-refractivity contribution in [2.75, 3.05) is 23.4 Å². The van der Waals surface area contributed by atoms with Crippen molar-refractivity contribution in [3.05, 3.63) is 60.2 Å². The van der Waals surface area contributed by atoms with Crippen molar-refractivity contribution in [2.24, 2.45) is 5.92 Å². The normalized spacial score (nSPS) is 18.3. The minimum Gasteiger partial charge on any atom is -0.312 e. The van der Waals surface area contributed by atoms with Crippen molar-refractivity contribution in [1.82, 2.24) is 0 Å². The van der Waals surface area contributed by atoms with Crippen LogP contribution in [0.4, 0.5) is 11.4 Å². The Kier molecular flexibility index (Phi) is 3.60. The third kappa shape index (κ3) is 2.48. The molecule has 1 atom stereocenters. The second-order valence-corrected chi connectivity index (χ2v) is 6.59. The van der Waals surface area contributed by atoms with Crippen LogP contribution in [-0.4, -0.2) is 25.4 Å². The van der Waals surface area contributed by atoms with E-state index < -0.39 is 0 Å². The molecule has 0 unspecified atom stereocenters. The first-order valence-electron chi connectivity index (χ1n) is 8.38. The lowest BCUT2D eigenvalue weighted by Crippen LogP contribution is -2.48. The van der Waals surface area contributed by atoms with Gasteiger partial charge >= 0.3 is 0 Å². The van der Waals surface area contributed by atoms with Gasteiger partial charge in [-0.2, -0.15) is 0 Å². The number of fused-ring (bicyclic) bond motifs is 1.